The van der Waals surface area contributed by atoms with Crippen LogP contribution >= 0.6 is 0 Å². The second-order valence-electron chi connectivity index (χ2n) is 9.08. The highest BCUT2D eigenvalue weighted by molar-refractivity contribution is 5.85. The van der Waals surface area contributed by atoms with E-state index >= 15 is 0 Å². The lowest BCUT2D eigenvalue weighted by Crippen LogP contribution is -2.31. The molecule has 0 bridgehead atoms. The van der Waals surface area contributed by atoms with Gasteiger partial charge in [0.25, 0.3) is 0 Å². The number of hydrogen-bond acceptors (Lipinski definition) is 5. The summed E-state index contributed by atoms with van der Waals surface area (Å²) in [5, 5.41) is 17.9. The number of nitrogens with one attached hydrogen (secondary N) is 3. The van der Waals surface area contributed by atoms with Gasteiger partial charge in [0, 0.05) is 24.7 Å². The fraction of sp³-hybridized carbons (Fsp3) is 0.385. The van der Waals surface area contributed by atoms with Crippen molar-refractivity contribution < 1.29 is 0 Å². The highest BCUT2D eigenvalue weighted by atomic mass is 15.3. The highest BCUT2D eigenvalue weighted by Gasteiger charge is 2.16. The Hall–Kier alpha value is -3.12. The van der Waals surface area contributed by atoms with E-state index < -0.39 is 0 Å². The van der Waals surface area contributed by atoms with E-state index in [2.05, 4.69) is 83.4 Å². The third-order valence-electron chi connectivity index (χ3n) is 6.49. The van der Waals surface area contributed by atoms with Crippen molar-refractivity contribution in [3.8, 4) is 0 Å². The third kappa shape index (κ3) is 4.28. The summed E-state index contributed by atoms with van der Waals surface area (Å²) in [7, 11) is 0. The van der Waals surface area contributed by atoms with Crippen LogP contribution in [0.15, 0.2) is 54.7 Å². The van der Waals surface area contributed by atoms with Crippen LogP contribution in [0.3, 0.4) is 0 Å². The highest BCUT2D eigenvalue weighted by Crippen LogP contribution is 2.26. The second kappa shape index (κ2) is 9.17. The lowest BCUT2D eigenvalue weighted by Gasteiger charge is -2.23. The number of hydrogen-bond donors (Lipinski definition) is 3. The van der Waals surface area contributed by atoms with E-state index in [9.17, 15) is 0 Å². The molecule has 0 saturated carbocycles. The summed E-state index contributed by atoms with van der Waals surface area (Å²) in [4.78, 5) is 4.94. The van der Waals surface area contributed by atoms with Gasteiger partial charge in [-0.2, -0.15) is 9.61 Å². The molecule has 0 aliphatic carbocycles. The van der Waals surface area contributed by atoms with Crippen LogP contribution in [0.5, 0.6) is 0 Å². The average molecular weight is 429 g/mol. The Morgan fingerprint density at radius 3 is 2.72 bits per heavy atom. The smallest absolute Gasteiger partial charge is 0.163 e. The molecule has 1 fully saturated rings. The van der Waals surface area contributed by atoms with E-state index in [-0.39, 0.29) is 0 Å². The maximum atomic E-state index is 4.94. The van der Waals surface area contributed by atoms with Crippen molar-refractivity contribution >= 4 is 28.1 Å². The summed E-state index contributed by atoms with van der Waals surface area (Å²) < 4.78 is 1.94. The van der Waals surface area contributed by atoms with Gasteiger partial charge in [0.2, 0.25) is 0 Å². The van der Waals surface area contributed by atoms with Crippen molar-refractivity contribution in [2.24, 2.45) is 5.92 Å². The summed E-state index contributed by atoms with van der Waals surface area (Å²) in [6.45, 7) is 8.28. The number of piperidine rings is 1. The summed E-state index contributed by atoms with van der Waals surface area (Å²) in [6, 6.07) is 17.1. The van der Waals surface area contributed by atoms with E-state index in [1.807, 2.05) is 10.7 Å². The standard InChI is InChI=1S/C26H32N6/c1-18(2)23-17-30-32-25(29-16-21-8-5-7-20-6-3-4-9-22(20)21)14-24(31-26(23)32)28-15-19-10-12-27-13-11-19/h3-9,14,17-19,27,29H,10-13,15-16H2,1-2H3,(H,28,31). The molecule has 2 aromatic carbocycles. The molecule has 5 rings (SSSR count). The second-order valence-corrected chi connectivity index (χ2v) is 9.08. The molecule has 0 atom stereocenters. The third-order valence-corrected chi connectivity index (χ3v) is 6.49. The molecule has 32 heavy (non-hydrogen) atoms. The maximum absolute atomic E-state index is 4.94. The minimum absolute atomic E-state index is 0.366. The molecule has 0 radical (unpaired) electrons. The van der Waals surface area contributed by atoms with Crippen LogP contribution in [0.25, 0.3) is 16.4 Å². The van der Waals surface area contributed by atoms with Crippen molar-refractivity contribution in [3.63, 3.8) is 0 Å². The average Bonchev–Trinajstić information content (AvgIpc) is 3.26. The summed E-state index contributed by atoms with van der Waals surface area (Å²) in [5.74, 6) is 2.93. The molecule has 0 unspecified atom stereocenters. The Labute approximate surface area is 189 Å². The Kier molecular flexibility index (Phi) is 5.95. The van der Waals surface area contributed by atoms with Gasteiger partial charge in [0.05, 0.1) is 6.20 Å². The van der Waals surface area contributed by atoms with Crippen LogP contribution in [0, 0.1) is 5.92 Å². The minimum atomic E-state index is 0.366. The van der Waals surface area contributed by atoms with Crippen molar-refractivity contribution in [1.82, 2.24) is 19.9 Å². The van der Waals surface area contributed by atoms with Gasteiger partial charge < -0.3 is 16.0 Å². The zero-order valence-corrected chi connectivity index (χ0v) is 18.9. The Morgan fingerprint density at radius 2 is 1.88 bits per heavy atom. The summed E-state index contributed by atoms with van der Waals surface area (Å²) in [6.07, 6.45) is 4.38. The first kappa shape index (κ1) is 20.8. The van der Waals surface area contributed by atoms with Gasteiger partial charge in [-0.05, 0) is 54.1 Å². The number of anilines is 2. The summed E-state index contributed by atoms with van der Waals surface area (Å²) in [5.41, 5.74) is 3.37. The molecule has 0 amide bonds. The van der Waals surface area contributed by atoms with Gasteiger partial charge in [0.1, 0.15) is 11.6 Å². The van der Waals surface area contributed by atoms with E-state index in [4.69, 9.17) is 4.98 Å². The zero-order chi connectivity index (χ0) is 21.9. The normalized spacial score (nSPS) is 15.0. The first-order chi connectivity index (χ1) is 15.7. The number of rotatable bonds is 7. The Balaban J connectivity index is 1.43. The van der Waals surface area contributed by atoms with Gasteiger partial charge in [0.15, 0.2) is 5.65 Å². The first-order valence-corrected chi connectivity index (χ1v) is 11.7. The van der Waals surface area contributed by atoms with Gasteiger partial charge in [-0.3, -0.25) is 0 Å². The van der Waals surface area contributed by atoms with Crippen molar-refractivity contribution in [2.45, 2.75) is 39.2 Å². The molecule has 166 valence electrons. The first-order valence-electron chi connectivity index (χ1n) is 11.7. The molecule has 1 aliphatic rings. The van der Waals surface area contributed by atoms with Crippen LogP contribution in [-0.2, 0) is 6.54 Å². The van der Waals surface area contributed by atoms with E-state index in [1.165, 1.54) is 34.7 Å². The summed E-state index contributed by atoms with van der Waals surface area (Å²) >= 11 is 0. The fourth-order valence-corrected chi connectivity index (χ4v) is 4.57. The molecule has 0 spiro atoms. The number of aromatic nitrogens is 3. The number of nitrogens with zero attached hydrogens (tertiary/aromatic N) is 3. The topological polar surface area (TPSA) is 66.3 Å². The largest absolute Gasteiger partial charge is 0.370 e. The van der Waals surface area contributed by atoms with E-state index in [0.717, 1.165) is 43.5 Å². The predicted octanol–water partition coefficient (Wildman–Crippen LogP) is 5.03. The molecule has 1 saturated heterocycles. The lowest BCUT2D eigenvalue weighted by molar-refractivity contribution is 0.389. The monoisotopic (exact) mass is 428 g/mol. The van der Waals surface area contributed by atoms with Gasteiger partial charge >= 0.3 is 0 Å². The van der Waals surface area contributed by atoms with Crippen LogP contribution in [0.1, 0.15) is 43.7 Å². The predicted molar refractivity (Wildman–Crippen MR) is 132 cm³/mol. The molecule has 1 aliphatic heterocycles. The fourth-order valence-electron chi connectivity index (χ4n) is 4.57. The molecule has 6 nitrogen and oxygen atoms in total. The van der Waals surface area contributed by atoms with Crippen LogP contribution in [-0.4, -0.2) is 34.2 Å². The quantitative estimate of drug-likeness (QED) is 0.385. The zero-order valence-electron chi connectivity index (χ0n) is 18.9. The van der Waals surface area contributed by atoms with Crippen LogP contribution in [0.4, 0.5) is 11.6 Å². The molecular formula is C26H32N6. The molecule has 4 aromatic rings. The van der Waals surface area contributed by atoms with Gasteiger partial charge in [-0.15, -0.1) is 0 Å². The molecular weight excluding hydrogens is 396 g/mol. The lowest BCUT2D eigenvalue weighted by atomic mass is 9.98. The molecule has 3 heterocycles. The van der Waals surface area contributed by atoms with Crippen LogP contribution < -0.4 is 16.0 Å². The maximum Gasteiger partial charge on any atom is 0.163 e. The van der Waals surface area contributed by atoms with Crippen LogP contribution in [0.2, 0.25) is 0 Å². The molecule has 6 heteroatoms. The van der Waals surface area contributed by atoms with E-state index in [1.54, 1.807) is 0 Å². The Morgan fingerprint density at radius 1 is 1.06 bits per heavy atom. The van der Waals surface area contributed by atoms with Crippen molar-refractivity contribution in [3.05, 3.63) is 65.9 Å². The van der Waals surface area contributed by atoms with E-state index in [0.29, 0.717) is 11.8 Å². The Bertz CT molecular complexity index is 1200. The van der Waals surface area contributed by atoms with Crippen molar-refractivity contribution in [2.75, 3.05) is 30.3 Å². The van der Waals surface area contributed by atoms with Gasteiger partial charge in [-0.1, -0.05) is 56.3 Å². The van der Waals surface area contributed by atoms with Gasteiger partial charge in [-0.25, -0.2) is 4.98 Å². The number of benzene rings is 2. The minimum Gasteiger partial charge on any atom is -0.370 e. The number of fused-ring (bicyclic) bond motifs is 2. The molecule has 3 N–H and O–H groups in total. The van der Waals surface area contributed by atoms with Crippen molar-refractivity contribution in [1.29, 1.82) is 0 Å². The molecule has 2 aromatic heterocycles. The SMILES string of the molecule is CC(C)c1cnn2c(NCc3cccc4ccccc34)cc(NCC3CCNCC3)nc12.